The van der Waals surface area contributed by atoms with Gasteiger partial charge in [-0.1, -0.05) is 13.3 Å². The third-order valence-corrected chi connectivity index (χ3v) is 8.04. The lowest BCUT2D eigenvalue weighted by Crippen LogP contribution is -2.66. The largest absolute Gasteiger partial charge is 0.472 e. The number of carbonyl (C=O) groups is 3. The van der Waals surface area contributed by atoms with E-state index >= 15 is 0 Å². The molecule has 1 aromatic rings. The predicted molar refractivity (Wildman–Crippen MR) is 98.5 cm³/mol. The van der Waals surface area contributed by atoms with E-state index in [1.807, 2.05) is 13.0 Å². The van der Waals surface area contributed by atoms with Gasteiger partial charge in [0.1, 0.15) is 24.1 Å². The van der Waals surface area contributed by atoms with Crippen LogP contribution in [0.2, 0.25) is 0 Å². The fourth-order valence-electron chi connectivity index (χ4n) is 6.53. The van der Waals surface area contributed by atoms with Crippen LogP contribution in [0, 0.1) is 22.7 Å². The van der Waals surface area contributed by atoms with E-state index in [4.69, 9.17) is 18.6 Å². The summed E-state index contributed by atoms with van der Waals surface area (Å²) in [5.41, 5.74) is -1.56. The quantitative estimate of drug-likeness (QED) is 0.566. The van der Waals surface area contributed by atoms with Crippen LogP contribution in [0.25, 0.3) is 0 Å². The van der Waals surface area contributed by atoms with E-state index < -0.39 is 22.4 Å². The molecule has 4 aliphatic rings. The number of furan rings is 1. The Morgan fingerprint density at radius 3 is 2.79 bits per heavy atom. The monoisotopic (exact) mass is 402 g/mol. The van der Waals surface area contributed by atoms with Crippen LogP contribution in [0.5, 0.6) is 0 Å². The van der Waals surface area contributed by atoms with Crippen molar-refractivity contribution >= 4 is 17.7 Å². The lowest BCUT2D eigenvalue weighted by atomic mass is 9.43. The number of ether oxygens (including phenoxy) is 3. The summed E-state index contributed by atoms with van der Waals surface area (Å²) in [6, 6.07) is 1.81. The first-order valence-corrected chi connectivity index (χ1v) is 10.4. The summed E-state index contributed by atoms with van der Waals surface area (Å²) in [5, 5.41) is 0. The maximum absolute atomic E-state index is 13.5. The number of esters is 2. The molecule has 2 spiro atoms. The number of carbonyl (C=O) groups excluding carboxylic acids is 3. The summed E-state index contributed by atoms with van der Waals surface area (Å²) in [6.45, 7) is 3.77. The molecule has 0 bridgehead atoms. The smallest absolute Gasteiger partial charge is 0.313 e. The van der Waals surface area contributed by atoms with Crippen molar-refractivity contribution in [2.24, 2.45) is 22.7 Å². The van der Waals surface area contributed by atoms with Crippen LogP contribution in [0.15, 0.2) is 23.0 Å². The molecule has 2 saturated heterocycles. The Bertz CT molecular complexity index is 855. The molecule has 0 aromatic carbocycles. The number of rotatable bonds is 3. The summed E-state index contributed by atoms with van der Waals surface area (Å²) in [7, 11) is 0. The molecule has 0 amide bonds. The Morgan fingerprint density at radius 1 is 1.34 bits per heavy atom. The SMILES string of the molecule is CC(=O)OCC12C(=O)C[C@@H](C)[C@]3(C[C@@H](c4ccoc4)OC3=O)[C@H]1CCC[C@]21CO1. The number of Topliss-reactive ketones (excluding diaryl/α,β-unsaturated/α-hetero) is 1. The molecule has 0 radical (unpaired) electrons. The standard InChI is InChI=1S/C22H26O7/c1-13-8-18(24)22(12-27-14(2)23)17(4-3-6-20(22)11-28-20)21(13)9-16(29-19(21)25)15-5-7-26-10-15/h5,7,10,13,16-17H,3-4,6,8-9,11-12H2,1-2H3/t13-,16+,17-,20+,21-,22?/m1/s1. The van der Waals surface area contributed by atoms with E-state index in [-0.39, 0.29) is 42.7 Å². The van der Waals surface area contributed by atoms with Crippen molar-refractivity contribution in [3.8, 4) is 0 Å². The number of ketones is 1. The normalized spacial score (nSPS) is 43.3. The fourth-order valence-corrected chi connectivity index (χ4v) is 6.53. The minimum Gasteiger partial charge on any atom is -0.472 e. The third-order valence-electron chi connectivity index (χ3n) is 8.04. The molecule has 29 heavy (non-hydrogen) atoms. The van der Waals surface area contributed by atoms with Gasteiger partial charge in [0, 0.05) is 25.3 Å². The van der Waals surface area contributed by atoms with Crippen LogP contribution < -0.4 is 0 Å². The zero-order valence-electron chi connectivity index (χ0n) is 16.8. The van der Waals surface area contributed by atoms with Gasteiger partial charge in [0.05, 0.1) is 30.0 Å². The maximum atomic E-state index is 13.5. The van der Waals surface area contributed by atoms with Gasteiger partial charge in [0.25, 0.3) is 0 Å². The van der Waals surface area contributed by atoms with Crippen molar-refractivity contribution < 1.29 is 33.0 Å². The van der Waals surface area contributed by atoms with Gasteiger partial charge in [-0.25, -0.2) is 0 Å². The molecule has 156 valence electrons. The van der Waals surface area contributed by atoms with Gasteiger partial charge < -0.3 is 18.6 Å². The van der Waals surface area contributed by atoms with Crippen molar-refractivity contribution in [2.75, 3.05) is 13.2 Å². The fraction of sp³-hybridized carbons (Fsp3) is 0.682. The molecular weight excluding hydrogens is 376 g/mol. The lowest BCUT2D eigenvalue weighted by molar-refractivity contribution is -0.188. The van der Waals surface area contributed by atoms with Crippen LogP contribution in [-0.4, -0.2) is 36.5 Å². The highest BCUT2D eigenvalue weighted by atomic mass is 16.6. The second kappa shape index (κ2) is 6.17. The van der Waals surface area contributed by atoms with Gasteiger partial charge in [0.2, 0.25) is 0 Å². The highest BCUT2D eigenvalue weighted by Gasteiger charge is 2.77. The number of fused-ring (bicyclic) bond motifs is 3. The number of hydrogen-bond donors (Lipinski definition) is 0. The van der Waals surface area contributed by atoms with Crippen LogP contribution >= 0.6 is 0 Å². The molecule has 7 nitrogen and oxygen atoms in total. The summed E-state index contributed by atoms with van der Waals surface area (Å²) in [5.74, 6) is -1.04. The highest BCUT2D eigenvalue weighted by Crippen LogP contribution is 2.69. The molecule has 7 heteroatoms. The second-order valence-corrected chi connectivity index (χ2v) is 9.20. The third kappa shape index (κ3) is 2.37. The van der Waals surface area contributed by atoms with Gasteiger partial charge in [-0.15, -0.1) is 0 Å². The Kier molecular flexibility index (Phi) is 4.01. The zero-order chi connectivity index (χ0) is 20.4. The van der Waals surface area contributed by atoms with Crippen LogP contribution in [0.1, 0.15) is 57.6 Å². The molecule has 1 aromatic heterocycles. The molecule has 5 rings (SSSR count). The van der Waals surface area contributed by atoms with Crippen LogP contribution in [0.4, 0.5) is 0 Å². The van der Waals surface area contributed by atoms with E-state index in [0.29, 0.717) is 13.0 Å². The van der Waals surface area contributed by atoms with Gasteiger partial charge in [-0.05, 0) is 30.7 Å². The second-order valence-electron chi connectivity index (χ2n) is 9.20. The van der Waals surface area contributed by atoms with Crippen molar-refractivity contribution in [1.29, 1.82) is 0 Å². The Morgan fingerprint density at radius 2 is 2.14 bits per heavy atom. The highest BCUT2D eigenvalue weighted by molar-refractivity contribution is 5.93. The van der Waals surface area contributed by atoms with Gasteiger partial charge >= 0.3 is 11.9 Å². The Balaban J connectivity index is 1.60. The molecule has 2 aliphatic carbocycles. The van der Waals surface area contributed by atoms with Crippen LogP contribution in [-0.2, 0) is 28.6 Å². The van der Waals surface area contributed by atoms with Crippen molar-refractivity contribution in [2.45, 2.75) is 57.7 Å². The first-order valence-electron chi connectivity index (χ1n) is 10.4. The van der Waals surface area contributed by atoms with Gasteiger partial charge in [-0.2, -0.15) is 0 Å². The topological polar surface area (TPSA) is 95.3 Å². The van der Waals surface area contributed by atoms with Crippen molar-refractivity contribution in [3.63, 3.8) is 0 Å². The van der Waals surface area contributed by atoms with Crippen molar-refractivity contribution in [3.05, 3.63) is 24.2 Å². The van der Waals surface area contributed by atoms with E-state index in [2.05, 4.69) is 0 Å². The molecule has 3 heterocycles. The average Bonchev–Trinajstić information content (AvgIpc) is 3.12. The number of cyclic esters (lactones) is 1. The Hall–Kier alpha value is -2.15. The molecule has 1 unspecified atom stereocenters. The first-order chi connectivity index (χ1) is 13.9. The van der Waals surface area contributed by atoms with E-state index in [1.165, 1.54) is 6.92 Å². The molecule has 0 N–H and O–H groups in total. The maximum Gasteiger partial charge on any atom is 0.313 e. The number of epoxide rings is 1. The molecule has 4 fully saturated rings. The summed E-state index contributed by atoms with van der Waals surface area (Å²) in [6.07, 6.45) is 5.89. The molecule has 2 saturated carbocycles. The van der Waals surface area contributed by atoms with Gasteiger partial charge in [0.15, 0.2) is 0 Å². The summed E-state index contributed by atoms with van der Waals surface area (Å²) in [4.78, 5) is 38.6. The van der Waals surface area contributed by atoms with Gasteiger partial charge in [-0.3, -0.25) is 14.4 Å². The summed E-state index contributed by atoms with van der Waals surface area (Å²) >= 11 is 0. The lowest BCUT2D eigenvalue weighted by Gasteiger charge is -2.57. The predicted octanol–water partition coefficient (Wildman–Crippen LogP) is 2.98. The molecule has 6 atom stereocenters. The summed E-state index contributed by atoms with van der Waals surface area (Å²) < 4.78 is 22.4. The van der Waals surface area contributed by atoms with E-state index in [1.54, 1.807) is 12.5 Å². The minimum absolute atomic E-state index is 0.0238. The first kappa shape index (κ1) is 18.9. The van der Waals surface area contributed by atoms with Crippen LogP contribution in [0.3, 0.4) is 0 Å². The van der Waals surface area contributed by atoms with Crippen molar-refractivity contribution in [1.82, 2.24) is 0 Å². The van der Waals surface area contributed by atoms with E-state index in [9.17, 15) is 14.4 Å². The zero-order valence-corrected chi connectivity index (χ0v) is 16.8. The molecule has 2 aliphatic heterocycles. The average molecular weight is 402 g/mol. The Labute approximate surface area is 169 Å². The number of hydrogen-bond acceptors (Lipinski definition) is 7. The minimum atomic E-state index is -0.978. The molecular formula is C22H26O7. The van der Waals surface area contributed by atoms with E-state index in [0.717, 1.165) is 24.8 Å².